The fraction of sp³-hybridized carbons (Fsp3) is 0.308. The first kappa shape index (κ1) is 24.2. The number of aromatic hydroxyl groups is 1. The molecule has 38 heavy (non-hydrogen) atoms. The number of pyridine rings is 1. The fourth-order valence-electron chi connectivity index (χ4n) is 5.35. The number of rotatable bonds is 3. The molecule has 3 aliphatic rings. The summed E-state index contributed by atoms with van der Waals surface area (Å²) in [5.74, 6) is -1.26. The lowest BCUT2D eigenvalue weighted by atomic mass is 10.1. The van der Waals surface area contributed by atoms with Crippen LogP contribution in [0.3, 0.4) is 0 Å². The number of fused-ring (bicyclic) bond motifs is 3. The molecule has 1 fully saturated rings. The van der Waals surface area contributed by atoms with Crippen LogP contribution in [0.1, 0.15) is 21.6 Å². The van der Waals surface area contributed by atoms with Gasteiger partial charge in [-0.15, -0.1) is 0 Å². The monoisotopic (exact) mass is 538 g/mol. The molecule has 10 nitrogen and oxygen atoms in total. The van der Waals surface area contributed by atoms with Crippen molar-refractivity contribution in [1.29, 1.82) is 0 Å². The smallest absolute Gasteiger partial charge is 0.261 e. The Morgan fingerprint density at radius 2 is 2.11 bits per heavy atom. The zero-order valence-corrected chi connectivity index (χ0v) is 21.3. The Hall–Kier alpha value is -4.12. The molecule has 0 aliphatic carbocycles. The molecule has 1 saturated heterocycles. The molecular formula is C26H24ClFN6O4. The number of aryl methyl sites for hydroxylation is 1. The fourth-order valence-corrected chi connectivity index (χ4v) is 5.64. The van der Waals surface area contributed by atoms with Gasteiger partial charge in [-0.2, -0.15) is 5.10 Å². The molecule has 3 aliphatic heterocycles. The minimum atomic E-state index is -0.713. The van der Waals surface area contributed by atoms with Crippen LogP contribution in [0.15, 0.2) is 37.1 Å². The van der Waals surface area contributed by atoms with Crippen LogP contribution in [0.25, 0.3) is 11.3 Å². The summed E-state index contributed by atoms with van der Waals surface area (Å²) in [4.78, 5) is 36.2. The minimum Gasteiger partial charge on any atom is -0.507 e. The molecule has 196 valence electrons. The number of anilines is 1. The van der Waals surface area contributed by atoms with E-state index in [2.05, 4.69) is 11.7 Å². The summed E-state index contributed by atoms with van der Waals surface area (Å²) in [6.45, 7) is 5.36. The van der Waals surface area contributed by atoms with Crippen LogP contribution < -0.4 is 9.64 Å². The number of carbonyl (C=O) groups is 2. The van der Waals surface area contributed by atoms with Crippen molar-refractivity contribution in [3.63, 3.8) is 0 Å². The number of aromatic nitrogens is 3. The van der Waals surface area contributed by atoms with E-state index in [9.17, 15) is 19.1 Å². The van der Waals surface area contributed by atoms with E-state index in [1.807, 2.05) is 11.9 Å². The van der Waals surface area contributed by atoms with Crippen LogP contribution in [0.5, 0.6) is 11.5 Å². The molecule has 0 spiro atoms. The highest BCUT2D eigenvalue weighted by atomic mass is 35.5. The van der Waals surface area contributed by atoms with Gasteiger partial charge in [0, 0.05) is 38.8 Å². The highest BCUT2D eigenvalue weighted by Gasteiger charge is 2.41. The Bertz CT molecular complexity index is 1490. The first-order chi connectivity index (χ1) is 18.3. The van der Waals surface area contributed by atoms with Gasteiger partial charge in [0.2, 0.25) is 5.91 Å². The van der Waals surface area contributed by atoms with Gasteiger partial charge in [-0.1, -0.05) is 24.2 Å². The molecule has 1 N–H and O–H groups in total. The highest BCUT2D eigenvalue weighted by molar-refractivity contribution is 6.35. The van der Waals surface area contributed by atoms with Gasteiger partial charge in [-0.3, -0.25) is 14.3 Å². The predicted octanol–water partition coefficient (Wildman–Crippen LogP) is 2.73. The molecule has 2 aromatic heterocycles. The lowest BCUT2D eigenvalue weighted by molar-refractivity contribution is -0.128. The topological polar surface area (TPSA) is 104 Å². The summed E-state index contributed by atoms with van der Waals surface area (Å²) in [7, 11) is 1.84. The number of nitrogens with zero attached hydrogens (tertiary/aromatic N) is 6. The zero-order chi connectivity index (χ0) is 26.7. The summed E-state index contributed by atoms with van der Waals surface area (Å²) in [6, 6.07) is 3.50. The molecule has 12 heteroatoms. The number of halogens is 2. The first-order valence-electron chi connectivity index (χ1n) is 12.1. The number of ether oxygens (including phenoxy) is 1. The van der Waals surface area contributed by atoms with Crippen molar-refractivity contribution in [3.05, 3.63) is 64.7 Å². The van der Waals surface area contributed by atoms with Gasteiger partial charge in [0.05, 0.1) is 30.0 Å². The first-order valence-corrected chi connectivity index (χ1v) is 12.5. The molecule has 5 heterocycles. The maximum Gasteiger partial charge on any atom is 0.261 e. The second-order valence-corrected chi connectivity index (χ2v) is 9.86. The number of piperazine rings is 1. The third-order valence-corrected chi connectivity index (χ3v) is 7.67. The van der Waals surface area contributed by atoms with Gasteiger partial charge in [-0.25, -0.2) is 9.37 Å². The Kier molecular flexibility index (Phi) is 5.75. The normalized spacial score (nSPS) is 18.4. The van der Waals surface area contributed by atoms with E-state index in [-0.39, 0.29) is 64.1 Å². The number of amides is 2. The van der Waals surface area contributed by atoms with Gasteiger partial charge in [-0.05, 0) is 18.2 Å². The van der Waals surface area contributed by atoms with E-state index in [1.54, 1.807) is 20.7 Å². The van der Waals surface area contributed by atoms with Crippen molar-refractivity contribution in [2.75, 3.05) is 31.1 Å². The third kappa shape index (κ3) is 3.68. The van der Waals surface area contributed by atoms with Crippen LogP contribution in [0, 0.1) is 5.82 Å². The minimum absolute atomic E-state index is 0.0266. The van der Waals surface area contributed by atoms with Crippen LogP contribution in [0.4, 0.5) is 10.2 Å². The molecule has 0 unspecified atom stereocenters. The second kappa shape index (κ2) is 9.02. The van der Waals surface area contributed by atoms with Crippen molar-refractivity contribution in [2.45, 2.75) is 19.1 Å². The van der Waals surface area contributed by atoms with E-state index in [0.29, 0.717) is 26.2 Å². The Morgan fingerprint density at radius 3 is 2.84 bits per heavy atom. The van der Waals surface area contributed by atoms with Crippen LogP contribution in [-0.2, 0) is 24.9 Å². The van der Waals surface area contributed by atoms with Crippen LogP contribution in [-0.4, -0.2) is 73.8 Å². The molecule has 0 bridgehead atoms. The number of hydrogen-bond donors (Lipinski definition) is 1. The van der Waals surface area contributed by atoms with E-state index >= 15 is 0 Å². The van der Waals surface area contributed by atoms with Crippen molar-refractivity contribution < 1.29 is 23.8 Å². The van der Waals surface area contributed by atoms with E-state index in [0.717, 1.165) is 11.3 Å². The van der Waals surface area contributed by atoms with Crippen molar-refractivity contribution in [2.24, 2.45) is 7.05 Å². The summed E-state index contributed by atoms with van der Waals surface area (Å²) in [5.41, 5.74) is 1.90. The number of phenolic OH excluding ortho intramolecular Hbond substituents is 1. The molecular weight excluding hydrogens is 515 g/mol. The Morgan fingerprint density at radius 1 is 1.29 bits per heavy atom. The Labute approximate surface area is 222 Å². The maximum absolute atomic E-state index is 15.0. The molecule has 1 aromatic carbocycles. The number of hydrogen-bond acceptors (Lipinski definition) is 7. The van der Waals surface area contributed by atoms with Gasteiger partial charge in [0.15, 0.2) is 5.75 Å². The average molecular weight is 539 g/mol. The van der Waals surface area contributed by atoms with Gasteiger partial charge in [0.25, 0.3) is 5.91 Å². The summed E-state index contributed by atoms with van der Waals surface area (Å²) in [5, 5.41) is 14.8. The average Bonchev–Trinajstić information content (AvgIpc) is 3.44. The van der Waals surface area contributed by atoms with Crippen LogP contribution in [0.2, 0.25) is 5.02 Å². The van der Waals surface area contributed by atoms with Gasteiger partial charge in [0.1, 0.15) is 40.3 Å². The number of benzene rings is 1. The molecule has 6 rings (SSSR count). The quantitative estimate of drug-likeness (QED) is 0.511. The molecule has 1 atom stereocenters. The standard InChI is InChI=1S/C26H24ClFN6O4/c1-3-19(36)32-7-8-34-15(11-32)13-38-24-21(26(34)37)25(33-10-14-9-29-31(2)17(14)12-33)30-23(22(24)27)20-16(28)5-4-6-18(20)35/h3-6,9,15,35H,1,7-8,10-13H2,2H3/t15-/m1/s1. The van der Waals surface area contributed by atoms with Crippen molar-refractivity contribution >= 4 is 29.2 Å². The summed E-state index contributed by atoms with van der Waals surface area (Å²) in [6.07, 6.45) is 3.01. The molecule has 3 aromatic rings. The number of phenols is 1. The van der Waals surface area contributed by atoms with Crippen LogP contribution >= 0.6 is 11.6 Å². The van der Waals surface area contributed by atoms with E-state index in [1.165, 1.54) is 24.3 Å². The molecule has 0 saturated carbocycles. The van der Waals surface area contributed by atoms with Crippen molar-refractivity contribution in [1.82, 2.24) is 24.6 Å². The molecule has 0 radical (unpaired) electrons. The van der Waals surface area contributed by atoms with Gasteiger partial charge < -0.3 is 24.5 Å². The maximum atomic E-state index is 15.0. The van der Waals surface area contributed by atoms with E-state index in [4.69, 9.17) is 21.3 Å². The van der Waals surface area contributed by atoms with E-state index < -0.39 is 11.9 Å². The largest absolute Gasteiger partial charge is 0.507 e. The summed E-state index contributed by atoms with van der Waals surface area (Å²) < 4.78 is 22.9. The SMILES string of the molecule is C=CC(=O)N1CCN2C(=O)c3c(N4Cc5cnn(C)c5C4)nc(-c4c(O)cccc4F)c(Cl)c3OC[C@H]2C1. The lowest BCUT2D eigenvalue weighted by Crippen LogP contribution is -2.57. The zero-order valence-electron chi connectivity index (χ0n) is 20.5. The highest BCUT2D eigenvalue weighted by Crippen LogP contribution is 2.46. The van der Waals surface area contributed by atoms with Gasteiger partial charge >= 0.3 is 0 Å². The second-order valence-electron chi connectivity index (χ2n) is 9.48. The lowest BCUT2D eigenvalue weighted by Gasteiger charge is -2.39. The molecule has 2 amide bonds. The Balaban J connectivity index is 1.50. The third-order valence-electron chi connectivity index (χ3n) is 7.32. The van der Waals surface area contributed by atoms with Crippen molar-refractivity contribution in [3.8, 4) is 22.8 Å². The predicted molar refractivity (Wildman–Crippen MR) is 136 cm³/mol. The number of carbonyl (C=O) groups excluding carboxylic acids is 2. The summed E-state index contributed by atoms with van der Waals surface area (Å²) >= 11 is 6.77.